The van der Waals surface area contributed by atoms with Gasteiger partial charge < -0.3 is 4.74 Å². The number of ether oxygens (including phenoxy) is 1. The number of fused-ring (bicyclic) bond motifs is 1. The average Bonchev–Trinajstić information content (AvgIpc) is 2.79. The zero-order valence-electron chi connectivity index (χ0n) is 16.2. The summed E-state index contributed by atoms with van der Waals surface area (Å²) >= 11 is 1.09. The molecule has 3 aromatic carbocycles. The van der Waals surface area contributed by atoms with Crippen molar-refractivity contribution in [2.45, 2.75) is 10.1 Å². The molecule has 0 aliphatic heterocycles. The summed E-state index contributed by atoms with van der Waals surface area (Å²) in [5.41, 5.74) is 0.721. The Bertz CT molecular complexity index is 1430. The first kappa shape index (κ1) is 20.1. The first-order chi connectivity index (χ1) is 15.0. The van der Waals surface area contributed by atoms with Gasteiger partial charge >= 0.3 is 0 Å². The van der Waals surface area contributed by atoms with Gasteiger partial charge in [-0.15, -0.1) is 0 Å². The van der Waals surface area contributed by atoms with Crippen molar-refractivity contribution in [1.29, 1.82) is 5.26 Å². The number of nitrogens with zero attached hydrogens (tertiary/aromatic N) is 4. The maximum absolute atomic E-state index is 13.4. The first-order valence-electron chi connectivity index (χ1n) is 9.04. The topological polar surface area (TPSA) is 111 Å². The molecular weight excluding hydrogens is 416 g/mol. The van der Waals surface area contributed by atoms with Crippen LogP contribution in [0.2, 0.25) is 0 Å². The van der Waals surface area contributed by atoms with Crippen molar-refractivity contribution in [1.82, 2.24) is 9.55 Å². The number of aromatic nitrogens is 2. The molecule has 8 nitrogen and oxygen atoms in total. The summed E-state index contributed by atoms with van der Waals surface area (Å²) in [6.07, 6.45) is 0. The molecule has 0 N–H and O–H groups in total. The predicted octanol–water partition coefficient (Wildman–Crippen LogP) is 4.33. The highest BCUT2D eigenvalue weighted by atomic mass is 32.2. The largest absolute Gasteiger partial charge is 0.497 e. The number of hydrogen-bond acceptors (Lipinski definition) is 7. The van der Waals surface area contributed by atoms with E-state index < -0.39 is 4.92 Å². The van der Waals surface area contributed by atoms with Crippen LogP contribution < -0.4 is 10.3 Å². The van der Waals surface area contributed by atoms with Crippen LogP contribution in [0.25, 0.3) is 16.6 Å². The molecular formula is C22H14N4O4S. The molecule has 0 radical (unpaired) electrons. The average molecular weight is 430 g/mol. The standard InChI is InChI=1S/C22H14N4O4S/c1-30-17-6-4-5-15(12-17)25-21(27)18-7-2-3-8-19(18)24-22(25)31-20-10-9-16(26(28)29)11-14(20)13-23/h2-12H,1H3. The Labute approximate surface area is 180 Å². The molecule has 31 heavy (non-hydrogen) atoms. The van der Waals surface area contributed by atoms with Gasteiger partial charge in [-0.25, -0.2) is 4.98 Å². The van der Waals surface area contributed by atoms with E-state index in [-0.39, 0.29) is 16.8 Å². The van der Waals surface area contributed by atoms with E-state index in [1.54, 1.807) is 48.5 Å². The van der Waals surface area contributed by atoms with Crippen LogP contribution in [0.5, 0.6) is 5.75 Å². The highest BCUT2D eigenvalue weighted by Crippen LogP contribution is 2.33. The zero-order chi connectivity index (χ0) is 22.0. The third kappa shape index (κ3) is 3.84. The van der Waals surface area contributed by atoms with Gasteiger partial charge in [-0.3, -0.25) is 19.5 Å². The van der Waals surface area contributed by atoms with Crippen molar-refractivity contribution in [3.63, 3.8) is 0 Å². The Morgan fingerprint density at radius 1 is 1.13 bits per heavy atom. The van der Waals surface area contributed by atoms with E-state index in [9.17, 15) is 20.2 Å². The van der Waals surface area contributed by atoms with E-state index in [2.05, 4.69) is 4.98 Å². The normalized spacial score (nSPS) is 10.6. The number of benzene rings is 3. The maximum Gasteiger partial charge on any atom is 0.270 e. The van der Waals surface area contributed by atoms with Gasteiger partial charge in [0.25, 0.3) is 11.2 Å². The number of nitro benzene ring substituents is 1. The van der Waals surface area contributed by atoms with Crippen LogP contribution in [0.1, 0.15) is 5.56 Å². The lowest BCUT2D eigenvalue weighted by Crippen LogP contribution is -2.21. The number of rotatable bonds is 5. The molecule has 4 rings (SSSR count). The molecule has 1 heterocycles. The Hall–Kier alpha value is -4.16. The Morgan fingerprint density at radius 2 is 1.94 bits per heavy atom. The van der Waals surface area contributed by atoms with E-state index in [0.29, 0.717) is 32.4 Å². The van der Waals surface area contributed by atoms with Gasteiger partial charge in [-0.05, 0) is 42.1 Å². The van der Waals surface area contributed by atoms with Crippen LogP contribution in [0.3, 0.4) is 0 Å². The minimum absolute atomic E-state index is 0.124. The lowest BCUT2D eigenvalue weighted by atomic mass is 10.2. The Kier molecular flexibility index (Phi) is 5.39. The monoisotopic (exact) mass is 430 g/mol. The quantitative estimate of drug-likeness (QED) is 0.263. The molecule has 0 unspecified atom stereocenters. The van der Waals surface area contributed by atoms with Crippen LogP contribution in [0, 0.1) is 21.4 Å². The molecule has 0 bridgehead atoms. The van der Waals surface area contributed by atoms with E-state index >= 15 is 0 Å². The number of methoxy groups -OCH3 is 1. The summed E-state index contributed by atoms with van der Waals surface area (Å²) in [5, 5.41) is 21.3. The minimum Gasteiger partial charge on any atom is -0.497 e. The fourth-order valence-electron chi connectivity index (χ4n) is 3.06. The van der Waals surface area contributed by atoms with E-state index in [1.165, 1.54) is 29.9 Å². The van der Waals surface area contributed by atoms with Crippen LogP contribution in [-0.4, -0.2) is 21.6 Å². The third-order valence-corrected chi connectivity index (χ3v) is 5.58. The predicted molar refractivity (Wildman–Crippen MR) is 116 cm³/mol. The molecule has 0 aliphatic carbocycles. The van der Waals surface area contributed by atoms with Gasteiger partial charge in [0.05, 0.1) is 34.2 Å². The molecule has 1 aromatic heterocycles. The molecule has 9 heteroatoms. The zero-order valence-corrected chi connectivity index (χ0v) is 17.0. The second-order valence-electron chi connectivity index (χ2n) is 6.41. The molecule has 0 saturated heterocycles. The van der Waals surface area contributed by atoms with E-state index in [0.717, 1.165) is 11.8 Å². The molecule has 0 spiro atoms. The summed E-state index contributed by atoms with van der Waals surface area (Å²) < 4.78 is 6.73. The fourth-order valence-corrected chi connectivity index (χ4v) is 4.04. The molecule has 0 saturated carbocycles. The summed E-state index contributed by atoms with van der Waals surface area (Å²) in [5.74, 6) is 0.571. The van der Waals surface area contributed by atoms with Gasteiger partial charge in [-0.2, -0.15) is 5.26 Å². The number of nitriles is 1. The molecule has 0 fully saturated rings. The van der Waals surface area contributed by atoms with Crippen molar-refractivity contribution in [3.05, 3.63) is 92.8 Å². The number of hydrogen-bond donors (Lipinski definition) is 0. The highest BCUT2D eigenvalue weighted by molar-refractivity contribution is 7.99. The summed E-state index contributed by atoms with van der Waals surface area (Å²) in [4.78, 5) is 28.9. The minimum atomic E-state index is -0.560. The van der Waals surface area contributed by atoms with Crippen molar-refractivity contribution >= 4 is 28.4 Å². The summed E-state index contributed by atoms with van der Waals surface area (Å²) in [7, 11) is 1.53. The highest BCUT2D eigenvalue weighted by Gasteiger charge is 2.18. The lowest BCUT2D eigenvalue weighted by molar-refractivity contribution is -0.384. The molecule has 0 aliphatic rings. The van der Waals surface area contributed by atoms with Crippen LogP contribution in [0.4, 0.5) is 5.69 Å². The Balaban J connectivity index is 1.94. The van der Waals surface area contributed by atoms with E-state index in [1.807, 2.05) is 6.07 Å². The van der Waals surface area contributed by atoms with Gasteiger partial charge in [0.1, 0.15) is 11.8 Å². The molecule has 152 valence electrons. The smallest absolute Gasteiger partial charge is 0.270 e. The Morgan fingerprint density at radius 3 is 2.68 bits per heavy atom. The van der Waals surface area contributed by atoms with Crippen molar-refractivity contribution in [2.24, 2.45) is 0 Å². The SMILES string of the molecule is COc1cccc(-n2c(Sc3ccc([N+](=O)[O-])cc3C#N)nc3ccccc3c2=O)c1. The maximum atomic E-state index is 13.4. The van der Waals surface area contributed by atoms with Gasteiger partial charge in [0.15, 0.2) is 5.16 Å². The molecule has 0 amide bonds. The van der Waals surface area contributed by atoms with Crippen molar-refractivity contribution in [2.75, 3.05) is 7.11 Å². The second kappa shape index (κ2) is 8.30. The van der Waals surface area contributed by atoms with Crippen LogP contribution in [0.15, 0.2) is 81.6 Å². The number of para-hydroxylation sites is 1. The first-order valence-corrected chi connectivity index (χ1v) is 9.86. The van der Waals surface area contributed by atoms with Crippen LogP contribution >= 0.6 is 11.8 Å². The van der Waals surface area contributed by atoms with Crippen molar-refractivity contribution < 1.29 is 9.66 Å². The number of nitro groups is 1. The van der Waals surface area contributed by atoms with Crippen molar-refractivity contribution in [3.8, 4) is 17.5 Å². The summed E-state index contributed by atoms with van der Waals surface area (Å²) in [6.45, 7) is 0. The summed E-state index contributed by atoms with van der Waals surface area (Å²) in [6, 6.07) is 20.0. The molecule has 4 aromatic rings. The lowest BCUT2D eigenvalue weighted by Gasteiger charge is -2.14. The second-order valence-corrected chi connectivity index (χ2v) is 7.41. The fraction of sp³-hybridized carbons (Fsp3) is 0.0455. The van der Waals surface area contributed by atoms with Crippen LogP contribution in [-0.2, 0) is 0 Å². The van der Waals surface area contributed by atoms with Gasteiger partial charge in [0.2, 0.25) is 0 Å². The van der Waals surface area contributed by atoms with Gasteiger partial charge in [-0.1, -0.05) is 18.2 Å². The molecule has 0 atom stereocenters. The van der Waals surface area contributed by atoms with E-state index in [4.69, 9.17) is 4.74 Å². The van der Waals surface area contributed by atoms with Gasteiger partial charge in [0, 0.05) is 23.1 Å². The number of non-ortho nitro benzene ring substituents is 1. The third-order valence-electron chi connectivity index (χ3n) is 4.55.